The Kier molecular flexibility index (Phi) is 2.92. The third kappa shape index (κ3) is 2.08. The van der Waals surface area contributed by atoms with Crippen LogP contribution in [0.2, 0.25) is 5.02 Å². The SMILES string of the molecule is Nc1nc2c(c(=O)[nH]1)C(c1ccc(Cl)cc1)C1=C(COC1=O)N2. The first-order valence-electron chi connectivity index (χ1n) is 6.87. The van der Waals surface area contributed by atoms with E-state index in [2.05, 4.69) is 15.3 Å². The Morgan fingerprint density at radius 2 is 2.00 bits per heavy atom. The van der Waals surface area contributed by atoms with Crippen molar-refractivity contribution in [2.24, 2.45) is 0 Å². The van der Waals surface area contributed by atoms with Gasteiger partial charge >= 0.3 is 5.97 Å². The summed E-state index contributed by atoms with van der Waals surface area (Å²) in [6, 6.07) is 6.96. The highest BCUT2D eigenvalue weighted by Gasteiger charge is 2.40. The van der Waals surface area contributed by atoms with Crippen molar-refractivity contribution >= 4 is 29.3 Å². The number of anilines is 2. The lowest BCUT2D eigenvalue weighted by Gasteiger charge is -2.25. The molecule has 7 nitrogen and oxygen atoms in total. The Morgan fingerprint density at radius 1 is 1.26 bits per heavy atom. The molecule has 0 spiro atoms. The summed E-state index contributed by atoms with van der Waals surface area (Å²) in [7, 11) is 0. The van der Waals surface area contributed by atoms with Crippen LogP contribution in [0.3, 0.4) is 0 Å². The molecule has 4 N–H and O–H groups in total. The van der Waals surface area contributed by atoms with Gasteiger partial charge < -0.3 is 15.8 Å². The van der Waals surface area contributed by atoms with Crippen LogP contribution in [0.1, 0.15) is 17.0 Å². The lowest BCUT2D eigenvalue weighted by molar-refractivity contribution is -0.136. The van der Waals surface area contributed by atoms with Crippen molar-refractivity contribution in [3.63, 3.8) is 0 Å². The fourth-order valence-corrected chi connectivity index (χ4v) is 3.08. The minimum absolute atomic E-state index is 0.00500. The van der Waals surface area contributed by atoms with Crippen molar-refractivity contribution in [2.75, 3.05) is 17.7 Å². The van der Waals surface area contributed by atoms with E-state index in [1.54, 1.807) is 24.3 Å². The molecule has 0 saturated heterocycles. The highest BCUT2D eigenvalue weighted by atomic mass is 35.5. The van der Waals surface area contributed by atoms with E-state index < -0.39 is 17.4 Å². The van der Waals surface area contributed by atoms with Crippen LogP contribution in [0.25, 0.3) is 0 Å². The summed E-state index contributed by atoms with van der Waals surface area (Å²) in [6.07, 6.45) is 0. The predicted octanol–water partition coefficient (Wildman–Crippen LogP) is 1.37. The van der Waals surface area contributed by atoms with Gasteiger partial charge in [-0.2, -0.15) is 4.98 Å². The largest absolute Gasteiger partial charge is 0.456 e. The van der Waals surface area contributed by atoms with Crippen LogP contribution in [0.4, 0.5) is 11.8 Å². The van der Waals surface area contributed by atoms with Crippen LogP contribution in [-0.4, -0.2) is 22.5 Å². The van der Waals surface area contributed by atoms with Crippen LogP contribution in [0.5, 0.6) is 0 Å². The Labute approximate surface area is 135 Å². The van der Waals surface area contributed by atoms with Gasteiger partial charge in [0.1, 0.15) is 12.4 Å². The van der Waals surface area contributed by atoms with Gasteiger partial charge in [0.05, 0.1) is 22.8 Å². The molecule has 8 heteroatoms. The van der Waals surface area contributed by atoms with Gasteiger partial charge in [-0.25, -0.2) is 4.79 Å². The number of nitrogens with zero attached hydrogens (tertiary/aromatic N) is 1. The van der Waals surface area contributed by atoms with Gasteiger partial charge in [-0.3, -0.25) is 9.78 Å². The van der Waals surface area contributed by atoms with Crippen molar-refractivity contribution in [1.82, 2.24) is 9.97 Å². The molecular formula is C15H11ClN4O3. The third-order valence-electron chi connectivity index (χ3n) is 3.92. The van der Waals surface area contributed by atoms with E-state index in [0.717, 1.165) is 5.56 Å². The maximum Gasteiger partial charge on any atom is 0.337 e. The Balaban J connectivity index is 1.99. The lowest BCUT2D eigenvalue weighted by atomic mass is 9.83. The van der Waals surface area contributed by atoms with Crippen LogP contribution in [0.15, 0.2) is 40.3 Å². The molecule has 0 radical (unpaired) electrons. The highest BCUT2D eigenvalue weighted by molar-refractivity contribution is 6.30. The fraction of sp³-hybridized carbons (Fsp3) is 0.133. The van der Waals surface area contributed by atoms with Crippen molar-refractivity contribution in [2.45, 2.75) is 5.92 Å². The molecule has 1 unspecified atom stereocenters. The molecule has 0 amide bonds. The number of halogens is 1. The second-order valence-electron chi connectivity index (χ2n) is 5.29. The van der Waals surface area contributed by atoms with Crippen molar-refractivity contribution < 1.29 is 9.53 Å². The number of benzene rings is 1. The molecule has 1 aromatic heterocycles. The van der Waals surface area contributed by atoms with Crippen molar-refractivity contribution in [3.05, 3.63) is 62.0 Å². The number of carbonyl (C=O) groups is 1. The van der Waals surface area contributed by atoms with E-state index in [1.807, 2.05) is 0 Å². The molecule has 4 rings (SSSR count). The van der Waals surface area contributed by atoms with Crippen molar-refractivity contribution in [3.8, 4) is 0 Å². The number of cyclic esters (lactones) is 1. The van der Waals surface area contributed by atoms with Gasteiger partial charge in [-0.15, -0.1) is 0 Å². The molecule has 0 aliphatic carbocycles. The van der Waals surface area contributed by atoms with Gasteiger partial charge in [-0.1, -0.05) is 23.7 Å². The summed E-state index contributed by atoms with van der Waals surface area (Å²) in [5, 5.41) is 3.54. The van der Waals surface area contributed by atoms with E-state index in [9.17, 15) is 9.59 Å². The standard InChI is InChI=1S/C15H11ClN4O3/c16-7-3-1-6(2-4-7)9-10-8(5-23-14(10)22)18-12-11(9)13(21)20-15(17)19-12/h1-4,9H,5H2,(H4,17,18,19,20,21). The first-order valence-corrected chi connectivity index (χ1v) is 7.24. The van der Waals surface area contributed by atoms with Gasteiger partial charge in [0.15, 0.2) is 0 Å². The molecule has 0 saturated carbocycles. The fourth-order valence-electron chi connectivity index (χ4n) is 2.95. The average Bonchev–Trinajstić information content (AvgIpc) is 2.87. The minimum atomic E-state index is -0.578. The summed E-state index contributed by atoms with van der Waals surface area (Å²) in [4.78, 5) is 31.2. The number of ether oxygens (including phenoxy) is 1. The molecule has 2 aliphatic rings. The zero-order chi connectivity index (χ0) is 16.1. The summed E-state index contributed by atoms with van der Waals surface area (Å²) in [5.74, 6) is -0.687. The Morgan fingerprint density at radius 3 is 2.74 bits per heavy atom. The molecule has 116 valence electrons. The number of aromatic amines is 1. The molecule has 0 bridgehead atoms. The third-order valence-corrected chi connectivity index (χ3v) is 4.17. The molecular weight excluding hydrogens is 320 g/mol. The smallest absolute Gasteiger partial charge is 0.337 e. The molecule has 0 fully saturated rings. The number of hydrogen-bond donors (Lipinski definition) is 3. The topological polar surface area (TPSA) is 110 Å². The molecule has 2 aromatic rings. The van der Waals surface area contributed by atoms with E-state index in [-0.39, 0.29) is 12.6 Å². The van der Waals surface area contributed by atoms with E-state index in [0.29, 0.717) is 27.7 Å². The normalized spacial score (nSPS) is 19.0. The summed E-state index contributed by atoms with van der Waals surface area (Å²) < 4.78 is 5.10. The first kappa shape index (κ1) is 13.8. The number of nitrogens with two attached hydrogens (primary N) is 1. The van der Waals surface area contributed by atoms with Gasteiger partial charge in [0.2, 0.25) is 5.95 Å². The Hall–Kier alpha value is -2.80. The second kappa shape index (κ2) is 4.85. The molecule has 3 heterocycles. The maximum atomic E-state index is 12.4. The average molecular weight is 331 g/mol. The zero-order valence-corrected chi connectivity index (χ0v) is 12.5. The number of H-pyrrole nitrogens is 1. The Bertz CT molecular complexity index is 917. The van der Waals surface area contributed by atoms with Crippen LogP contribution in [-0.2, 0) is 9.53 Å². The number of fused-ring (bicyclic) bond motifs is 1. The lowest BCUT2D eigenvalue weighted by Crippen LogP contribution is -2.29. The molecule has 1 atom stereocenters. The summed E-state index contributed by atoms with van der Waals surface area (Å²) in [5.41, 5.74) is 7.31. The number of nitrogens with one attached hydrogen (secondary N) is 2. The van der Waals surface area contributed by atoms with Crippen LogP contribution >= 0.6 is 11.6 Å². The zero-order valence-electron chi connectivity index (χ0n) is 11.7. The molecule has 2 aliphatic heterocycles. The number of rotatable bonds is 1. The summed E-state index contributed by atoms with van der Waals surface area (Å²) in [6.45, 7) is 0.117. The maximum absolute atomic E-state index is 12.4. The number of hydrogen-bond acceptors (Lipinski definition) is 6. The van der Waals surface area contributed by atoms with E-state index >= 15 is 0 Å². The van der Waals surface area contributed by atoms with E-state index in [1.165, 1.54) is 0 Å². The number of aromatic nitrogens is 2. The molecule has 1 aromatic carbocycles. The predicted molar refractivity (Wildman–Crippen MR) is 84.2 cm³/mol. The number of esters is 1. The van der Waals surface area contributed by atoms with Crippen LogP contribution < -0.4 is 16.6 Å². The number of nitrogen functional groups attached to an aromatic ring is 1. The quantitative estimate of drug-likeness (QED) is 0.681. The van der Waals surface area contributed by atoms with Gasteiger partial charge in [0.25, 0.3) is 5.56 Å². The van der Waals surface area contributed by atoms with Crippen LogP contribution in [0, 0.1) is 0 Å². The van der Waals surface area contributed by atoms with Gasteiger partial charge in [0, 0.05) is 5.02 Å². The summed E-state index contributed by atoms with van der Waals surface area (Å²) >= 11 is 5.93. The highest BCUT2D eigenvalue weighted by Crippen LogP contribution is 2.42. The second-order valence-corrected chi connectivity index (χ2v) is 5.73. The minimum Gasteiger partial charge on any atom is -0.456 e. The first-order chi connectivity index (χ1) is 11.0. The van der Waals surface area contributed by atoms with E-state index in [4.69, 9.17) is 22.1 Å². The monoisotopic (exact) mass is 330 g/mol. The number of carbonyl (C=O) groups excluding carboxylic acids is 1. The molecule has 23 heavy (non-hydrogen) atoms. The van der Waals surface area contributed by atoms with Gasteiger partial charge in [-0.05, 0) is 17.7 Å². The van der Waals surface area contributed by atoms with Crippen molar-refractivity contribution in [1.29, 1.82) is 0 Å².